The SMILES string of the molecule is COc1ccc(Oc2nccn(C)c2=O)c(C(=O)O)c1. The summed E-state index contributed by atoms with van der Waals surface area (Å²) in [5, 5.41) is 9.15. The Kier molecular flexibility index (Phi) is 3.69. The van der Waals surface area contributed by atoms with E-state index < -0.39 is 11.5 Å². The number of benzene rings is 1. The third kappa shape index (κ3) is 2.61. The smallest absolute Gasteiger partial charge is 0.339 e. The Hall–Kier alpha value is -2.83. The summed E-state index contributed by atoms with van der Waals surface area (Å²) in [5.41, 5.74) is -0.572. The Morgan fingerprint density at radius 2 is 2.15 bits per heavy atom. The van der Waals surface area contributed by atoms with E-state index in [0.717, 1.165) is 0 Å². The quantitative estimate of drug-likeness (QED) is 0.904. The zero-order valence-corrected chi connectivity index (χ0v) is 10.9. The molecule has 0 aliphatic carbocycles. The predicted molar refractivity (Wildman–Crippen MR) is 69.5 cm³/mol. The lowest BCUT2D eigenvalue weighted by molar-refractivity contribution is 0.0693. The first-order chi connectivity index (χ1) is 9.52. The minimum atomic E-state index is -1.19. The highest BCUT2D eigenvalue weighted by Crippen LogP contribution is 2.26. The van der Waals surface area contributed by atoms with E-state index in [1.807, 2.05) is 0 Å². The third-order valence-corrected chi connectivity index (χ3v) is 2.61. The van der Waals surface area contributed by atoms with Crippen molar-refractivity contribution in [1.82, 2.24) is 9.55 Å². The van der Waals surface area contributed by atoms with E-state index >= 15 is 0 Å². The largest absolute Gasteiger partial charge is 0.497 e. The Morgan fingerprint density at radius 3 is 2.80 bits per heavy atom. The first-order valence-electron chi connectivity index (χ1n) is 5.63. The van der Waals surface area contributed by atoms with Gasteiger partial charge in [0.2, 0.25) is 0 Å². The van der Waals surface area contributed by atoms with Crippen LogP contribution in [0.2, 0.25) is 0 Å². The molecule has 0 saturated carbocycles. The van der Waals surface area contributed by atoms with Crippen molar-refractivity contribution >= 4 is 5.97 Å². The lowest BCUT2D eigenvalue weighted by Gasteiger charge is -2.09. The highest BCUT2D eigenvalue weighted by molar-refractivity contribution is 5.91. The van der Waals surface area contributed by atoms with E-state index in [-0.39, 0.29) is 17.2 Å². The minimum absolute atomic E-state index is 0.0223. The molecule has 1 heterocycles. The van der Waals surface area contributed by atoms with Gasteiger partial charge in [-0.3, -0.25) is 4.79 Å². The standard InChI is InChI=1S/C13H12N2O5/c1-15-6-5-14-11(12(15)16)20-10-4-3-8(19-2)7-9(10)13(17)18/h3-7H,1-2H3,(H,17,18). The van der Waals surface area contributed by atoms with Crippen LogP contribution in [-0.4, -0.2) is 27.7 Å². The summed E-state index contributed by atoms with van der Waals surface area (Å²) in [6.07, 6.45) is 2.86. The number of hydrogen-bond donors (Lipinski definition) is 1. The number of aromatic carboxylic acids is 1. The summed E-state index contributed by atoms with van der Waals surface area (Å²) in [4.78, 5) is 26.8. The molecule has 2 rings (SSSR count). The summed E-state index contributed by atoms with van der Waals surface area (Å²) in [6, 6.07) is 4.26. The average molecular weight is 276 g/mol. The molecule has 0 unspecified atom stereocenters. The van der Waals surface area contributed by atoms with Gasteiger partial charge >= 0.3 is 11.5 Å². The van der Waals surface area contributed by atoms with Gasteiger partial charge in [0.05, 0.1) is 7.11 Å². The predicted octanol–water partition coefficient (Wildman–Crippen LogP) is 1.28. The van der Waals surface area contributed by atoms with Crippen molar-refractivity contribution in [3.05, 3.63) is 46.5 Å². The van der Waals surface area contributed by atoms with Gasteiger partial charge in [-0.1, -0.05) is 0 Å². The summed E-state index contributed by atoms with van der Waals surface area (Å²) < 4.78 is 11.5. The molecule has 7 heteroatoms. The third-order valence-electron chi connectivity index (χ3n) is 2.61. The number of carbonyl (C=O) groups is 1. The Bertz CT molecular complexity index is 708. The maximum atomic E-state index is 11.8. The molecule has 0 bridgehead atoms. The van der Waals surface area contributed by atoms with Gasteiger partial charge in [0.15, 0.2) is 0 Å². The molecule has 104 valence electrons. The van der Waals surface area contributed by atoms with Crippen LogP contribution >= 0.6 is 0 Å². The molecule has 1 aromatic heterocycles. The topological polar surface area (TPSA) is 90.7 Å². The monoisotopic (exact) mass is 276 g/mol. The van der Waals surface area contributed by atoms with E-state index in [1.165, 1.54) is 42.3 Å². The van der Waals surface area contributed by atoms with Gasteiger partial charge in [-0.2, -0.15) is 0 Å². The van der Waals surface area contributed by atoms with Gasteiger partial charge in [-0.05, 0) is 18.2 Å². The summed E-state index contributed by atoms with van der Waals surface area (Å²) >= 11 is 0. The normalized spacial score (nSPS) is 10.1. The van der Waals surface area contributed by atoms with E-state index in [4.69, 9.17) is 14.6 Å². The van der Waals surface area contributed by atoms with Crippen LogP contribution in [0.25, 0.3) is 0 Å². The second kappa shape index (κ2) is 5.43. The van der Waals surface area contributed by atoms with Crippen molar-refractivity contribution in [2.75, 3.05) is 7.11 Å². The van der Waals surface area contributed by atoms with Gasteiger partial charge in [-0.15, -0.1) is 0 Å². The molecule has 7 nitrogen and oxygen atoms in total. The Labute approximate surface area is 114 Å². The number of carboxylic acid groups (broad SMARTS) is 1. The molecular formula is C13H12N2O5. The lowest BCUT2D eigenvalue weighted by Crippen LogP contribution is -2.18. The molecule has 0 fully saturated rings. The number of ether oxygens (including phenoxy) is 2. The first-order valence-corrected chi connectivity index (χ1v) is 5.63. The zero-order chi connectivity index (χ0) is 14.7. The van der Waals surface area contributed by atoms with Crippen LogP contribution in [0.1, 0.15) is 10.4 Å². The van der Waals surface area contributed by atoms with Crippen molar-refractivity contribution in [3.63, 3.8) is 0 Å². The molecule has 20 heavy (non-hydrogen) atoms. The molecule has 2 aromatic rings. The molecule has 0 aliphatic heterocycles. The number of aromatic nitrogens is 2. The van der Waals surface area contributed by atoms with Crippen LogP contribution in [0, 0.1) is 0 Å². The molecule has 0 spiro atoms. The number of aryl methyl sites for hydroxylation is 1. The van der Waals surface area contributed by atoms with E-state index in [2.05, 4.69) is 4.98 Å². The Morgan fingerprint density at radius 1 is 1.40 bits per heavy atom. The first kappa shape index (κ1) is 13.6. The van der Waals surface area contributed by atoms with Gasteiger partial charge < -0.3 is 19.1 Å². The van der Waals surface area contributed by atoms with Crippen molar-refractivity contribution in [3.8, 4) is 17.4 Å². The van der Waals surface area contributed by atoms with Gasteiger partial charge in [0.1, 0.15) is 17.1 Å². The lowest BCUT2D eigenvalue weighted by atomic mass is 10.2. The van der Waals surface area contributed by atoms with Crippen molar-refractivity contribution < 1.29 is 19.4 Å². The summed E-state index contributed by atoms with van der Waals surface area (Å²) in [6.45, 7) is 0. The molecule has 0 atom stereocenters. The fraction of sp³-hybridized carbons (Fsp3) is 0.154. The fourth-order valence-electron chi connectivity index (χ4n) is 1.54. The number of nitrogens with zero attached hydrogens (tertiary/aromatic N) is 2. The van der Waals surface area contributed by atoms with Gasteiger partial charge in [0.25, 0.3) is 5.88 Å². The number of carboxylic acids is 1. The van der Waals surface area contributed by atoms with Crippen LogP contribution in [0.5, 0.6) is 17.4 Å². The number of rotatable bonds is 4. The zero-order valence-electron chi connectivity index (χ0n) is 10.9. The number of hydrogen-bond acceptors (Lipinski definition) is 5. The highest BCUT2D eigenvalue weighted by Gasteiger charge is 2.15. The van der Waals surface area contributed by atoms with Gasteiger partial charge in [0, 0.05) is 19.4 Å². The molecule has 1 aromatic carbocycles. The van der Waals surface area contributed by atoms with Crippen molar-refractivity contribution in [2.24, 2.45) is 7.05 Å². The molecular weight excluding hydrogens is 264 g/mol. The molecule has 0 radical (unpaired) electrons. The molecule has 0 amide bonds. The second-order valence-electron chi connectivity index (χ2n) is 3.92. The van der Waals surface area contributed by atoms with E-state index in [0.29, 0.717) is 5.75 Å². The fourth-order valence-corrected chi connectivity index (χ4v) is 1.54. The van der Waals surface area contributed by atoms with Crippen LogP contribution in [-0.2, 0) is 7.05 Å². The van der Waals surface area contributed by atoms with Crippen molar-refractivity contribution in [2.45, 2.75) is 0 Å². The maximum Gasteiger partial charge on any atom is 0.339 e. The van der Waals surface area contributed by atoms with Crippen molar-refractivity contribution in [1.29, 1.82) is 0 Å². The summed E-state index contributed by atoms with van der Waals surface area (Å²) in [5.74, 6) is -0.980. The van der Waals surface area contributed by atoms with Crippen LogP contribution in [0.15, 0.2) is 35.4 Å². The summed E-state index contributed by atoms with van der Waals surface area (Å²) in [7, 11) is 2.97. The average Bonchev–Trinajstić information content (AvgIpc) is 2.44. The van der Waals surface area contributed by atoms with Crippen LogP contribution in [0.4, 0.5) is 0 Å². The molecule has 1 N–H and O–H groups in total. The van der Waals surface area contributed by atoms with E-state index in [1.54, 1.807) is 7.05 Å². The Balaban J connectivity index is 2.45. The highest BCUT2D eigenvalue weighted by atomic mass is 16.5. The van der Waals surface area contributed by atoms with Crippen LogP contribution < -0.4 is 15.0 Å². The number of methoxy groups -OCH3 is 1. The maximum absolute atomic E-state index is 11.8. The van der Waals surface area contributed by atoms with E-state index in [9.17, 15) is 9.59 Å². The van der Waals surface area contributed by atoms with Gasteiger partial charge in [-0.25, -0.2) is 9.78 Å². The molecule has 0 saturated heterocycles. The second-order valence-corrected chi connectivity index (χ2v) is 3.92. The minimum Gasteiger partial charge on any atom is -0.497 e. The van der Waals surface area contributed by atoms with Crippen LogP contribution in [0.3, 0.4) is 0 Å². The molecule has 0 aliphatic rings.